The number of hydrogen-bond donors (Lipinski definition) is 3. The molecule has 3 N–H and O–H groups in total. The molecule has 278 valence electrons. The van der Waals surface area contributed by atoms with E-state index in [0.717, 1.165) is 25.4 Å². The zero-order chi connectivity index (χ0) is 37.3. The maximum atomic E-state index is 13.6. The molecule has 2 heterocycles. The van der Waals surface area contributed by atoms with E-state index < -0.39 is 57.6 Å². The number of aryl methyl sites for hydroxylation is 1. The van der Waals surface area contributed by atoms with E-state index in [-0.39, 0.29) is 12.1 Å². The molecule has 3 aromatic carbocycles. The van der Waals surface area contributed by atoms with Gasteiger partial charge in [-0.1, -0.05) is 23.7 Å². The standard InChI is InChI=1S/C38H44ClN3O9S/c1-25-36(32-21-30(49-2)13-14-34(32)41-25)33(38(46)51-37(45)27-9-11-28(39)12-10-27)20-29(43)23-52(47,48)24-35(44)40-15-6-18-50-31-8-5-7-26(19-31)22-42-16-3-4-17-42/h5,7-14,19,21,29,33,41,43H,3-4,6,15-18,20,22-24H2,1-2H3,(H,40,44). The highest BCUT2D eigenvalue weighted by atomic mass is 35.5. The number of benzene rings is 3. The molecule has 0 radical (unpaired) electrons. The lowest BCUT2D eigenvalue weighted by Crippen LogP contribution is -2.35. The van der Waals surface area contributed by atoms with Gasteiger partial charge in [-0.25, -0.2) is 13.2 Å². The van der Waals surface area contributed by atoms with Crippen LogP contribution >= 0.6 is 11.6 Å². The molecular formula is C38H44ClN3O9S. The fourth-order valence-corrected chi connectivity index (χ4v) is 7.88. The van der Waals surface area contributed by atoms with E-state index in [1.54, 1.807) is 25.1 Å². The monoisotopic (exact) mass is 753 g/mol. The van der Waals surface area contributed by atoms with Gasteiger partial charge in [0.05, 0.1) is 37.1 Å². The van der Waals surface area contributed by atoms with Crippen molar-refractivity contribution in [3.05, 3.63) is 94.1 Å². The number of sulfone groups is 1. The van der Waals surface area contributed by atoms with E-state index in [9.17, 15) is 27.9 Å². The highest BCUT2D eigenvalue weighted by Crippen LogP contribution is 2.35. The Labute approximate surface area is 308 Å². The third kappa shape index (κ3) is 10.8. The number of esters is 2. The highest BCUT2D eigenvalue weighted by molar-refractivity contribution is 7.92. The zero-order valence-corrected chi connectivity index (χ0v) is 30.8. The second kappa shape index (κ2) is 17.9. The van der Waals surface area contributed by atoms with Gasteiger partial charge in [-0.2, -0.15) is 0 Å². The quantitative estimate of drug-likeness (QED) is 0.0764. The summed E-state index contributed by atoms with van der Waals surface area (Å²) in [5.41, 5.74) is 2.88. The first-order chi connectivity index (χ1) is 24.9. The van der Waals surface area contributed by atoms with Crippen molar-refractivity contribution in [2.75, 3.05) is 44.9 Å². The van der Waals surface area contributed by atoms with Crippen molar-refractivity contribution in [1.82, 2.24) is 15.2 Å². The van der Waals surface area contributed by atoms with Gasteiger partial charge in [0.1, 0.15) is 17.3 Å². The Balaban J connectivity index is 1.17. The lowest BCUT2D eigenvalue weighted by Gasteiger charge is -2.20. The number of hydrogen-bond acceptors (Lipinski definition) is 10. The molecule has 0 saturated carbocycles. The van der Waals surface area contributed by atoms with Crippen LogP contribution in [0.1, 0.15) is 58.8 Å². The summed E-state index contributed by atoms with van der Waals surface area (Å²) in [6, 6.07) is 18.9. The average Bonchev–Trinajstić information content (AvgIpc) is 3.73. The van der Waals surface area contributed by atoms with Gasteiger partial charge < -0.3 is 29.6 Å². The van der Waals surface area contributed by atoms with Crippen molar-refractivity contribution < 1.29 is 42.1 Å². The van der Waals surface area contributed by atoms with E-state index >= 15 is 0 Å². The number of aromatic nitrogens is 1. The normalized spacial score (nSPS) is 14.5. The summed E-state index contributed by atoms with van der Waals surface area (Å²) in [5, 5.41) is 14.6. The molecule has 0 bridgehead atoms. The summed E-state index contributed by atoms with van der Waals surface area (Å²) in [5.74, 6) is -4.30. The van der Waals surface area contributed by atoms with Crippen molar-refractivity contribution in [3.8, 4) is 11.5 Å². The van der Waals surface area contributed by atoms with Gasteiger partial charge in [0.2, 0.25) is 5.91 Å². The predicted octanol–water partition coefficient (Wildman–Crippen LogP) is 4.95. The summed E-state index contributed by atoms with van der Waals surface area (Å²) in [7, 11) is -2.62. The summed E-state index contributed by atoms with van der Waals surface area (Å²) in [6.07, 6.45) is 0.911. The summed E-state index contributed by atoms with van der Waals surface area (Å²) in [4.78, 5) is 44.6. The predicted molar refractivity (Wildman–Crippen MR) is 198 cm³/mol. The molecule has 1 aromatic heterocycles. The van der Waals surface area contributed by atoms with Gasteiger partial charge in [0.15, 0.2) is 9.84 Å². The largest absolute Gasteiger partial charge is 0.497 e. The first-order valence-corrected chi connectivity index (χ1v) is 19.4. The number of methoxy groups -OCH3 is 1. The lowest BCUT2D eigenvalue weighted by atomic mass is 9.91. The first kappa shape index (κ1) is 38.8. The number of nitrogens with zero attached hydrogens (tertiary/aromatic N) is 1. The number of aliphatic hydroxyl groups excluding tert-OH is 1. The maximum Gasteiger partial charge on any atom is 0.345 e. The van der Waals surface area contributed by atoms with Crippen molar-refractivity contribution in [2.45, 2.75) is 51.2 Å². The molecule has 4 aromatic rings. The van der Waals surface area contributed by atoms with E-state index in [1.807, 2.05) is 18.2 Å². The number of nitrogens with one attached hydrogen (secondary N) is 2. The van der Waals surface area contributed by atoms with E-state index in [4.69, 9.17) is 25.8 Å². The number of halogens is 1. The molecule has 0 spiro atoms. The summed E-state index contributed by atoms with van der Waals surface area (Å²) < 4.78 is 42.5. The van der Waals surface area contributed by atoms with Crippen LogP contribution in [0.4, 0.5) is 0 Å². The number of rotatable bonds is 17. The number of aliphatic hydroxyl groups is 1. The number of carbonyl (C=O) groups is 3. The number of carbonyl (C=O) groups excluding carboxylic acids is 3. The van der Waals surface area contributed by atoms with Crippen LogP contribution in [-0.2, 0) is 30.7 Å². The molecule has 1 saturated heterocycles. The van der Waals surface area contributed by atoms with Gasteiger partial charge in [0, 0.05) is 34.7 Å². The Hall–Kier alpha value is -4.43. The molecule has 52 heavy (non-hydrogen) atoms. The minimum Gasteiger partial charge on any atom is -0.497 e. The van der Waals surface area contributed by atoms with Crippen molar-refractivity contribution in [3.63, 3.8) is 0 Å². The third-order valence-corrected chi connectivity index (χ3v) is 10.7. The van der Waals surface area contributed by atoms with Gasteiger partial charge in [-0.05, 0) is 111 Å². The van der Waals surface area contributed by atoms with Crippen molar-refractivity contribution in [2.24, 2.45) is 0 Å². The van der Waals surface area contributed by atoms with Crippen molar-refractivity contribution in [1.29, 1.82) is 0 Å². The fourth-order valence-electron chi connectivity index (χ4n) is 6.41. The smallest absolute Gasteiger partial charge is 0.345 e. The Kier molecular flexibility index (Phi) is 13.3. The minimum atomic E-state index is -4.11. The SMILES string of the molecule is COc1ccc2[nH]c(C)c(C(CC(O)CS(=O)(=O)CC(=O)NCCCOc3cccc(CN4CCCC4)c3)C(=O)OC(=O)c3ccc(Cl)cc3)c2c1. The highest BCUT2D eigenvalue weighted by Gasteiger charge is 2.33. The molecule has 12 nitrogen and oxygen atoms in total. The van der Waals surface area contributed by atoms with Crippen LogP contribution in [0.2, 0.25) is 5.02 Å². The number of likely N-dealkylation sites (tertiary alicyclic amines) is 1. The van der Waals surface area contributed by atoms with Crippen LogP contribution in [0.25, 0.3) is 10.9 Å². The van der Waals surface area contributed by atoms with Crippen molar-refractivity contribution >= 4 is 50.2 Å². The second-order valence-electron chi connectivity index (χ2n) is 13.0. The third-order valence-electron chi connectivity index (χ3n) is 8.87. The van der Waals surface area contributed by atoms with Gasteiger partial charge in [-0.3, -0.25) is 14.5 Å². The van der Waals surface area contributed by atoms with Gasteiger partial charge >= 0.3 is 11.9 Å². The molecule has 5 rings (SSSR count). The molecule has 1 aliphatic rings. The summed E-state index contributed by atoms with van der Waals surface area (Å²) >= 11 is 5.92. The van der Waals surface area contributed by atoms with Crippen LogP contribution in [0.5, 0.6) is 11.5 Å². The second-order valence-corrected chi connectivity index (χ2v) is 15.5. The molecule has 1 aliphatic heterocycles. The number of fused-ring (bicyclic) bond motifs is 1. The zero-order valence-electron chi connectivity index (χ0n) is 29.2. The molecule has 1 amide bonds. The van der Waals surface area contributed by atoms with E-state index in [1.165, 1.54) is 49.8 Å². The summed E-state index contributed by atoms with van der Waals surface area (Å²) in [6.45, 7) is 5.32. The van der Waals surface area contributed by atoms with E-state index in [2.05, 4.69) is 21.3 Å². The molecule has 0 aliphatic carbocycles. The first-order valence-electron chi connectivity index (χ1n) is 17.2. The number of amides is 1. The Morgan fingerprint density at radius 3 is 2.50 bits per heavy atom. The van der Waals surface area contributed by atoms with Crippen LogP contribution in [-0.4, -0.2) is 92.2 Å². The molecule has 2 unspecified atom stereocenters. The number of aromatic amines is 1. The van der Waals surface area contributed by atoms with Gasteiger partial charge in [-0.15, -0.1) is 0 Å². The number of H-pyrrole nitrogens is 1. The molecule has 14 heteroatoms. The lowest BCUT2D eigenvalue weighted by molar-refractivity contribution is -0.140. The van der Waals surface area contributed by atoms with Crippen LogP contribution in [0, 0.1) is 6.92 Å². The molecular weight excluding hydrogens is 710 g/mol. The van der Waals surface area contributed by atoms with Crippen LogP contribution < -0.4 is 14.8 Å². The Morgan fingerprint density at radius 1 is 1.02 bits per heavy atom. The molecule has 2 atom stereocenters. The van der Waals surface area contributed by atoms with Crippen LogP contribution in [0.3, 0.4) is 0 Å². The maximum absolute atomic E-state index is 13.6. The Bertz CT molecular complexity index is 1980. The van der Waals surface area contributed by atoms with E-state index in [0.29, 0.717) is 46.0 Å². The Morgan fingerprint density at radius 2 is 1.77 bits per heavy atom. The van der Waals surface area contributed by atoms with Gasteiger partial charge in [0.25, 0.3) is 0 Å². The van der Waals surface area contributed by atoms with Crippen LogP contribution in [0.15, 0.2) is 66.7 Å². The average molecular weight is 754 g/mol. The topological polar surface area (TPSA) is 164 Å². The fraction of sp³-hybridized carbons (Fsp3) is 0.395. The minimum absolute atomic E-state index is 0.0802. The molecule has 1 fully saturated rings. The number of ether oxygens (including phenoxy) is 3.